The smallest absolute Gasteiger partial charge is 0.304 e. The highest BCUT2D eigenvalue weighted by molar-refractivity contribution is 7.92. The van der Waals surface area contributed by atoms with Crippen molar-refractivity contribution in [2.75, 3.05) is 0 Å². The van der Waals surface area contributed by atoms with Crippen LogP contribution in [-0.2, 0) is 24.1 Å². The highest BCUT2D eigenvalue weighted by Gasteiger charge is 2.54. The molecule has 184 valence electrons. The van der Waals surface area contributed by atoms with Crippen LogP contribution in [0.25, 0.3) is 0 Å². The maximum Gasteiger partial charge on any atom is 0.497 e. The summed E-state index contributed by atoms with van der Waals surface area (Å²) in [6.45, 7) is 6.00. The third-order valence-electron chi connectivity index (χ3n) is 6.05. The monoisotopic (exact) mass is 512 g/mol. The lowest BCUT2D eigenvalue weighted by Crippen LogP contribution is -2.66. The molecule has 1 atom stereocenters. The van der Waals surface area contributed by atoms with Crippen molar-refractivity contribution in [2.24, 2.45) is 0 Å². The van der Waals surface area contributed by atoms with Gasteiger partial charge in [0, 0.05) is 5.57 Å². The molecule has 0 amide bonds. The standard InChI is InChI=1S/C24H27F3O5SSi/c1-23(2,3)34(20-10-6-4-7-11-20,21-12-8-5-9-13-21)32-31-22(28)18-14-16-19(17-15-18)33(29,30)24(25,26)27/h4-14,19H,15-17H2,1-3H3. The Kier molecular flexibility index (Phi) is 7.45. The molecule has 3 rings (SSSR count). The third kappa shape index (κ3) is 4.99. The van der Waals surface area contributed by atoms with Crippen LogP contribution in [0, 0.1) is 0 Å². The molecule has 0 heterocycles. The molecule has 0 radical (unpaired) electrons. The zero-order chi connectivity index (χ0) is 25.2. The van der Waals surface area contributed by atoms with Gasteiger partial charge in [-0.2, -0.15) is 13.2 Å². The van der Waals surface area contributed by atoms with Crippen molar-refractivity contribution >= 4 is 34.5 Å². The Morgan fingerprint density at radius 2 is 1.44 bits per heavy atom. The van der Waals surface area contributed by atoms with E-state index in [1.807, 2.05) is 81.4 Å². The summed E-state index contributed by atoms with van der Waals surface area (Å²) in [5, 5.41) is -0.296. The second kappa shape index (κ2) is 9.67. The van der Waals surface area contributed by atoms with Gasteiger partial charge in [0.2, 0.25) is 0 Å². The van der Waals surface area contributed by atoms with Gasteiger partial charge in [-0.15, -0.1) is 0 Å². The molecular weight excluding hydrogens is 485 g/mol. The molecule has 1 aliphatic rings. The molecule has 0 spiro atoms. The number of hydrogen-bond acceptors (Lipinski definition) is 5. The summed E-state index contributed by atoms with van der Waals surface area (Å²) in [6.07, 6.45) is 0.324. The fraction of sp³-hybridized carbons (Fsp3) is 0.375. The van der Waals surface area contributed by atoms with Gasteiger partial charge in [0.05, 0.1) is 5.25 Å². The lowest BCUT2D eigenvalue weighted by molar-refractivity contribution is -0.215. The largest absolute Gasteiger partial charge is 0.497 e. The van der Waals surface area contributed by atoms with Crippen molar-refractivity contribution < 1.29 is 35.8 Å². The SMILES string of the molecule is CC(C)(C)[Si](OOC(=O)C1=CCC(S(=O)(=O)C(F)(F)F)CC1)(c1ccccc1)c1ccccc1. The molecule has 0 saturated heterocycles. The summed E-state index contributed by atoms with van der Waals surface area (Å²) in [7, 11) is -8.46. The van der Waals surface area contributed by atoms with Crippen LogP contribution >= 0.6 is 0 Å². The van der Waals surface area contributed by atoms with Gasteiger partial charge in [-0.05, 0) is 34.7 Å². The molecule has 1 aliphatic carbocycles. The summed E-state index contributed by atoms with van der Waals surface area (Å²) in [6, 6.07) is 18.9. The van der Waals surface area contributed by atoms with E-state index in [1.165, 1.54) is 6.08 Å². The minimum absolute atomic E-state index is 0.103. The van der Waals surface area contributed by atoms with Gasteiger partial charge in [0.25, 0.3) is 9.84 Å². The molecule has 2 aromatic carbocycles. The van der Waals surface area contributed by atoms with Gasteiger partial charge in [0.15, 0.2) is 0 Å². The maximum atomic E-state index is 12.8. The van der Waals surface area contributed by atoms with Crippen LogP contribution in [0.2, 0.25) is 5.04 Å². The highest BCUT2D eigenvalue weighted by atomic mass is 32.2. The van der Waals surface area contributed by atoms with Crippen LogP contribution in [0.15, 0.2) is 72.3 Å². The highest BCUT2D eigenvalue weighted by Crippen LogP contribution is 2.38. The average Bonchev–Trinajstić information content (AvgIpc) is 2.79. The molecule has 0 aliphatic heterocycles. The molecule has 10 heteroatoms. The van der Waals surface area contributed by atoms with Gasteiger partial charge in [0.1, 0.15) is 0 Å². The quantitative estimate of drug-likeness (QED) is 0.325. The van der Waals surface area contributed by atoms with E-state index in [2.05, 4.69) is 0 Å². The third-order valence-corrected chi connectivity index (χ3v) is 12.7. The molecule has 34 heavy (non-hydrogen) atoms. The van der Waals surface area contributed by atoms with Crippen LogP contribution < -0.4 is 10.4 Å². The summed E-state index contributed by atoms with van der Waals surface area (Å²) in [5.74, 6) is -0.823. The number of benzene rings is 2. The lowest BCUT2D eigenvalue weighted by Gasteiger charge is -2.40. The minimum Gasteiger partial charge on any atom is -0.304 e. The zero-order valence-electron chi connectivity index (χ0n) is 19.1. The minimum atomic E-state index is -5.32. The molecule has 0 fully saturated rings. The molecule has 2 aromatic rings. The van der Waals surface area contributed by atoms with Gasteiger partial charge in [-0.1, -0.05) is 87.5 Å². The number of hydrogen-bond donors (Lipinski definition) is 0. The molecular formula is C24H27F3O5SSi. The van der Waals surface area contributed by atoms with Crippen LogP contribution in [0.5, 0.6) is 0 Å². The summed E-state index contributed by atoms with van der Waals surface area (Å²) in [4.78, 5) is 18.2. The van der Waals surface area contributed by atoms with Crippen LogP contribution in [0.3, 0.4) is 0 Å². The van der Waals surface area contributed by atoms with Crippen molar-refractivity contribution in [3.05, 3.63) is 72.3 Å². The molecule has 0 aromatic heterocycles. The molecule has 0 saturated carbocycles. The van der Waals surface area contributed by atoms with Gasteiger partial charge in [-0.25, -0.2) is 17.8 Å². The van der Waals surface area contributed by atoms with Gasteiger partial charge < -0.3 is 4.89 Å². The first-order chi connectivity index (χ1) is 15.8. The van der Waals surface area contributed by atoms with E-state index >= 15 is 0 Å². The van der Waals surface area contributed by atoms with Crippen molar-refractivity contribution in [3.8, 4) is 0 Å². The topological polar surface area (TPSA) is 69.7 Å². The Labute approximate surface area is 198 Å². The fourth-order valence-corrected chi connectivity index (χ4v) is 9.41. The van der Waals surface area contributed by atoms with E-state index in [1.54, 1.807) is 0 Å². The van der Waals surface area contributed by atoms with E-state index < -0.39 is 46.3 Å². The molecule has 0 N–H and O–H groups in total. The molecule has 5 nitrogen and oxygen atoms in total. The van der Waals surface area contributed by atoms with Crippen molar-refractivity contribution in [3.63, 3.8) is 0 Å². The maximum absolute atomic E-state index is 12.8. The van der Waals surface area contributed by atoms with E-state index in [9.17, 15) is 26.4 Å². The molecule has 1 unspecified atom stereocenters. The molecule has 0 bridgehead atoms. The second-order valence-electron chi connectivity index (χ2n) is 9.23. The number of sulfone groups is 1. The summed E-state index contributed by atoms with van der Waals surface area (Å²) in [5.41, 5.74) is -5.22. The predicted octanol–water partition coefficient (Wildman–Crippen LogP) is 4.43. The zero-order valence-corrected chi connectivity index (χ0v) is 20.9. The van der Waals surface area contributed by atoms with Crippen LogP contribution in [0.4, 0.5) is 13.2 Å². The first-order valence-corrected chi connectivity index (χ1v) is 14.3. The Balaban J connectivity index is 1.88. The normalized spacial score (nSPS) is 17.7. The number of allylic oxidation sites excluding steroid dienone is 1. The van der Waals surface area contributed by atoms with Gasteiger partial charge >= 0.3 is 19.8 Å². The fourth-order valence-electron chi connectivity index (χ4n) is 4.22. The van der Waals surface area contributed by atoms with Gasteiger partial charge in [-0.3, -0.25) is 0 Å². The summed E-state index contributed by atoms with van der Waals surface area (Å²) >= 11 is 0. The lowest BCUT2D eigenvalue weighted by atomic mass is 9.99. The van der Waals surface area contributed by atoms with Crippen molar-refractivity contribution in [1.82, 2.24) is 0 Å². The second-order valence-corrected chi connectivity index (χ2v) is 15.6. The Morgan fingerprint density at radius 1 is 0.941 bits per heavy atom. The number of carbonyl (C=O) groups is 1. The summed E-state index contributed by atoms with van der Waals surface area (Å²) < 4.78 is 68.0. The predicted molar refractivity (Wildman–Crippen MR) is 125 cm³/mol. The Bertz CT molecular complexity index is 1100. The van der Waals surface area contributed by atoms with E-state index in [4.69, 9.17) is 9.46 Å². The van der Waals surface area contributed by atoms with E-state index in [-0.39, 0.29) is 18.4 Å². The number of alkyl halides is 3. The first kappa shape index (κ1) is 26.2. The first-order valence-electron chi connectivity index (χ1n) is 10.8. The van der Waals surface area contributed by atoms with Crippen LogP contribution in [0.1, 0.15) is 40.0 Å². The van der Waals surface area contributed by atoms with Crippen molar-refractivity contribution in [2.45, 2.75) is 55.8 Å². The van der Waals surface area contributed by atoms with Crippen molar-refractivity contribution in [1.29, 1.82) is 0 Å². The average molecular weight is 513 g/mol. The van der Waals surface area contributed by atoms with E-state index in [0.717, 1.165) is 10.4 Å². The number of halogens is 3. The Morgan fingerprint density at radius 3 is 1.82 bits per heavy atom. The van der Waals surface area contributed by atoms with Crippen LogP contribution in [-0.4, -0.2) is 33.5 Å². The number of rotatable bonds is 6. The number of carbonyl (C=O) groups excluding carboxylic acids is 1. The Hall–Kier alpha value is -2.43. The van der Waals surface area contributed by atoms with E-state index in [0.29, 0.717) is 0 Å².